The molecule has 43 heavy (non-hydrogen) atoms. The van der Waals surface area contributed by atoms with E-state index in [1.165, 1.54) is 0 Å². The molecule has 8 heteroatoms. The zero-order valence-corrected chi connectivity index (χ0v) is 28.0. The lowest BCUT2D eigenvalue weighted by molar-refractivity contribution is -0.174. The van der Waals surface area contributed by atoms with Crippen LogP contribution in [0.25, 0.3) is 0 Å². The van der Waals surface area contributed by atoms with Crippen molar-refractivity contribution in [1.29, 1.82) is 5.26 Å². The van der Waals surface area contributed by atoms with Crippen molar-refractivity contribution in [2.45, 2.75) is 127 Å². The van der Waals surface area contributed by atoms with Crippen LogP contribution >= 0.6 is 0 Å². The number of Topliss-reactive ketones (excluding diaryl/α,β-unsaturated/α-hetero) is 2. The number of allylic oxidation sites excluding steroid dienone is 2. The Morgan fingerprint density at radius 3 is 2.19 bits per heavy atom. The maximum absolute atomic E-state index is 13.3. The average molecular weight is 607 g/mol. The van der Waals surface area contributed by atoms with Crippen LogP contribution < -0.4 is 5.32 Å². The van der Waals surface area contributed by atoms with Crippen LogP contribution in [0.2, 0.25) is 0 Å². The van der Waals surface area contributed by atoms with Crippen LogP contribution in [0.5, 0.6) is 0 Å². The first-order valence-corrected chi connectivity index (χ1v) is 15.9. The Morgan fingerprint density at radius 2 is 1.67 bits per heavy atom. The molecule has 0 saturated heterocycles. The quantitative estimate of drug-likeness (QED) is 0.301. The first kappa shape index (κ1) is 35.3. The molecular weight excluding hydrogens is 553 g/mol. The Kier molecular flexibility index (Phi) is 9.30. The Labute approximate surface area is 256 Å². The van der Waals surface area contributed by atoms with Crippen molar-refractivity contribution >= 4 is 17.5 Å². The van der Waals surface area contributed by atoms with E-state index in [1.54, 1.807) is 6.92 Å². The SMILES string of the molecule is CC(=O)C[C@@H]1[C@@]2(C)C=C(C#N)C(=O)C(C)(C)C2CC[C@@]1(C)C(C)(C)CC[C@@]1(CNC(=O)C(F)(F)F)CCC(C)(C)CC1C. The normalized spacial score (nSPS) is 35.8. The summed E-state index contributed by atoms with van der Waals surface area (Å²) < 4.78 is 39.5. The van der Waals surface area contributed by atoms with Crippen LogP contribution in [0.3, 0.4) is 0 Å². The number of nitrogens with one attached hydrogen (secondary N) is 1. The van der Waals surface area contributed by atoms with Crippen LogP contribution in [0, 0.1) is 61.6 Å². The molecule has 0 radical (unpaired) electrons. The third-order valence-corrected chi connectivity index (χ3v) is 12.8. The Balaban J connectivity index is 2.02. The van der Waals surface area contributed by atoms with Gasteiger partial charge in [-0.2, -0.15) is 18.4 Å². The summed E-state index contributed by atoms with van der Waals surface area (Å²) in [6.45, 7) is 20.7. The third-order valence-electron chi connectivity index (χ3n) is 12.8. The Hall–Kier alpha value is -2.17. The molecule has 3 aliphatic rings. The minimum atomic E-state index is -4.93. The second-order valence-electron chi connectivity index (χ2n) is 16.8. The molecule has 6 atom stereocenters. The fourth-order valence-corrected chi connectivity index (χ4v) is 9.61. The number of rotatable bonds is 8. The molecule has 5 nitrogen and oxygen atoms in total. The molecule has 242 valence electrons. The molecule has 3 aliphatic carbocycles. The molecule has 0 aromatic heterocycles. The van der Waals surface area contributed by atoms with Crippen molar-refractivity contribution in [1.82, 2.24) is 5.32 Å². The van der Waals surface area contributed by atoms with Crippen LogP contribution in [0.4, 0.5) is 13.2 Å². The van der Waals surface area contributed by atoms with E-state index in [-0.39, 0.29) is 57.7 Å². The monoisotopic (exact) mass is 606 g/mol. The highest BCUT2D eigenvalue weighted by Gasteiger charge is 2.63. The van der Waals surface area contributed by atoms with Crippen molar-refractivity contribution in [2.24, 2.45) is 50.2 Å². The van der Waals surface area contributed by atoms with Gasteiger partial charge in [0.05, 0.1) is 5.57 Å². The second-order valence-corrected chi connectivity index (χ2v) is 16.8. The molecule has 0 heterocycles. The number of hydrogen-bond acceptors (Lipinski definition) is 4. The fraction of sp³-hybridized carbons (Fsp3) is 0.829. The average Bonchev–Trinajstić information content (AvgIpc) is 2.86. The number of amides is 1. The number of nitriles is 1. The maximum Gasteiger partial charge on any atom is 0.471 e. The molecule has 2 fully saturated rings. The first-order chi connectivity index (χ1) is 19.4. The number of ketones is 2. The number of fused-ring (bicyclic) bond motifs is 1. The van der Waals surface area contributed by atoms with Crippen LogP contribution in [0.15, 0.2) is 11.6 Å². The molecular formula is C35H53F3N2O3. The van der Waals surface area contributed by atoms with Crippen LogP contribution in [-0.2, 0) is 14.4 Å². The summed E-state index contributed by atoms with van der Waals surface area (Å²) in [5.74, 6) is -2.02. The molecule has 3 rings (SSSR count). The van der Waals surface area contributed by atoms with Crippen LogP contribution in [0.1, 0.15) is 121 Å². The third kappa shape index (κ3) is 6.34. The van der Waals surface area contributed by atoms with E-state index in [1.807, 2.05) is 19.9 Å². The van der Waals surface area contributed by atoms with E-state index in [0.717, 1.165) is 32.1 Å². The van der Waals surface area contributed by atoms with Crippen molar-refractivity contribution in [2.75, 3.05) is 6.54 Å². The summed E-state index contributed by atoms with van der Waals surface area (Å²) in [5.41, 5.74) is -2.22. The fourth-order valence-electron chi connectivity index (χ4n) is 9.61. The minimum Gasteiger partial charge on any atom is -0.348 e. The van der Waals surface area contributed by atoms with Gasteiger partial charge in [-0.1, -0.05) is 68.4 Å². The highest BCUT2D eigenvalue weighted by molar-refractivity contribution is 6.04. The van der Waals surface area contributed by atoms with Crippen LogP contribution in [-0.4, -0.2) is 30.2 Å². The number of alkyl halides is 3. The summed E-state index contributed by atoms with van der Waals surface area (Å²) in [6, 6.07) is 2.14. The van der Waals surface area contributed by atoms with Gasteiger partial charge >= 0.3 is 12.1 Å². The lowest BCUT2D eigenvalue weighted by Crippen LogP contribution is -2.60. The van der Waals surface area contributed by atoms with Gasteiger partial charge in [0, 0.05) is 18.4 Å². The summed E-state index contributed by atoms with van der Waals surface area (Å²) in [6.07, 6.45) is 2.65. The van der Waals surface area contributed by atoms with Gasteiger partial charge in [-0.3, -0.25) is 9.59 Å². The van der Waals surface area contributed by atoms with E-state index < -0.39 is 28.3 Å². The number of halogens is 3. The van der Waals surface area contributed by atoms with Gasteiger partial charge in [0.1, 0.15) is 11.9 Å². The van der Waals surface area contributed by atoms with Gasteiger partial charge in [-0.05, 0) is 96.7 Å². The predicted octanol–water partition coefficient (Wildman–Crippen LogP) is 8.38. The van der Waals surface area contributed by atoms with Gasteiger partial charge in [-0.15, -0.1) is 0 Å². The van der Waals surface area contributed by atoms with Gasteiger partial charge in [0.2, 0.25) is 0 Å². The van der Waals surface area contributed by atoms with E-state index in [2.05, 4.69) is 59.9 Å². The molecule has 0 aliphatic heterocycles. The largest absolute Gasteiger partial charge is 0.471 e. The van der Waals surface area contributed by atoms with Crippen molar-refractivity contribution in [3.63, 3.8) is 0 Å². The molecule has 1 N–H and O–H groups in total. The summed E-state index contributed by atoms with van der Waals surface area (Å²) in [7, 11) is 0. The summed E-state index contributed by atoms with van der Waals surface area (Å²) in [4.78, 5) is 38.0. The lowest BCUT2D eigenvalue weighted by Gasteiger charge is -2.64. The standard InChI is InChI=1S/C35H53F3N2O3/c1-22-18-29(3,4)13-15-34(22,21-40-28(43)35(36,37)38)16-14-30(5,6)33(10)12-11-25-31(7,8)27(42)24(20-39)19-32(25,9)26(33)17-23(2)41/h19,22,25-26H,11-18,21H2,1-10H3,(H,40,43)/t22?,25?,26-,32+,33-,34-/m1/s1. The van der Waals surface area contributed by atoms with Gasteiger partial charge in [-0.25, -0.2) is 0 Å². The zero-order valence-electron chi connectivity index (χ0n) is 28.0. The van der Waals surface area contributed by atoms with E-state index >= 15 is 0 Å². The Morgan fingerprint density at radius 1 is 1.07 bits per heavy atom. The molecule has 0 aromatic carbocycles. The van der Waals surface area contributed by atoms with Crippen molar-refractivity contribution in [3.05, 3.63) is 11.6 Å². The predicted molar refractivity (Wildman–Crippen MR) is 162 cm³/mol. The number of carbonyl (C=O) groups excluding carboxylic acids is 3. The van der Waals surface area contributed by atoms with Gasteiger partial charge in [0.15, 0.2) is 5.78 Å². The van der Waals surface area contributed by atoms with Crippen molar-refractivity contribution < 1.29 is 27.6 Å². The summed E-state index contributed by atoms with van der Waals surface area (Å²) in [5, 5.41) is 12.1. The minimum absolute atomic E-state index is 0.0172. The topological polar surface area (TPSA) is 87.0 Å². The molecule has 2 saturated carbocycles. The number of hydrogen-bond donors (Lipinski definition) is 1. The highest BCUT2D eigenvalue weighted by atomic mass is 19.4. The Bertz CT molecular complexity index is 1210. The highest BCUT2D eigenvalue weighted by Crippen LogP contribution is 2.68. The van der Waals surface area contributed by atoms with E-state index in [9.17, 15) is 32.8 Å². The second kappa shape index (κ2) is 11.3. The molecule has 0 spiro atoms. The molecule has 0 bridgehead atoms. The molecule has 1 amide bonds. The number of carbonyl (C=O) groups is 3. The lowest BCUT2D eigenvalue weighted by atomic mass is 9.39. The first-order valence-electron chi connectivity index (χ1n) is 15.9. The van der Waals surface area contributed by atoms with Gasteiger partial charge < -0.3 is 10.1 Å². The van der Waals surface area contributed by atoms with Gasteiger partial charge in [0.25, 0.3) is 0 Å². The summed E-state index contributed by atoms with van der Waals surface area (Å²) >= 11 is 0. The zero-order chi connectivity index (χ0) is 33.0. The molecule has 0 aromatic rings. The number of nitrogens with zero attached hydrogens (tertiary/aromatic N) is 1. The van der Waals surface area contributed by atoms with E-state index in [0.29, 0.717) is 19.3 Å². The maximum atomic E-state index is 13.3. The van der Waals surface area contributed by atoms with E-state index in [4.69, 9.17) is 0 Å². The molecule has 2 unspecified atom stereocenters. The smallest absolute Gasteiger partial charge is 0.348 e. The van der Waals surface area contributed by atoms with Crippen molar-refractivity contribution in [3.8, 4) is 6.07 Å².